The molecule has 1 amide bonds. The van der Waals surface area contributed by atoms with Crippen molar-refractivity contribution in [2.24, 2.45) is 0 Å². The SMILES string of the molecule is CN(Cc1nccn1C(F)F)C(=O)CCOc1ccccc1. The summed E-state index contributed by atoms with van der Waals surface area (Å²) >= 11 is 0. The van der Waals surface area contributed by atoms with E-state index in [-0.39, 0.29) is 31.3 Å². The lowest BCUT2D eigenvalue weighted by Gasteiger charge is -2.17. The van der Waals surface area contributed by atoms with Crippen molar-refractivity contribution in [3.05, 3.63) is 48.5 Å². The predicted octanol–water partition coefficient (Wildman–Crippen LogP) is 2.71. The predicted molar refractivity (Wildman–Crippen MR) is 76.5 cm³/mol. The van der Waals surface area contributed by atoms with Crippen molar-refractivity contribution in [1.29, 1.82) is 0 Å². The Bertz CT molecular complexity index is 602. The number of imidazole rings is 1. The number of ether oxygens (including phenoxy) is 1. The molecule has 7 heteroatoms. The summed E-state index contributed by atoms with van der Waals surface area (Å²) in [6, 6.07) is 9.15. The van der Waals surface area contributed by atoms with Crippen LogP contribution in [0.2, 0.25) is 0 Å². The summed E-state index contributed by atoms with van der Waals surface area (Å²) in [5, 5.41) is 0. The van der Waals surface area contributed by atoms with Crippen molar-refractivity contribution >= 4 is 5.91 Å². The van der Waals surface area contributed by atoms with Crippen LogP contribution in [0, 0.1) is 0 Å². The van der Waals surface area contributed by atoms with Gasteiger partial charge in [0.1, 0.15) is 11.6 Å². The van der Waals surface area contributed by atoms with Crippen molar-refractivity contribution in [2.45, 2.75) is 19.5 Å². The summed E-state index contributed by atoms with van der Waals surface area (Å²) in [4.78, 5) is 17.2. The summed E-state index contributed by atoms with van der Waals surface area (Å²) in [7, 11) is 1.55. The first-order valence-electron chi connectivity index (χ1n) is 6.79. The molecule has 2 aromatic rings. The Morgan fingerprint density at radius 2 is 2.09 bits per heavy atom. The fraction of sp³-hybridized carbons (Fsp3) is 0.333. The highest BCUT2D eigenvalue weighted by molar-refractivity contribution is 5.75. The molecule has 0 aliphatic heterocycles. The molecule has 1 heterocycles. The summed E-state index contributed by atoms with van der Waals surface area (Å²) in [6.07, 6.45) is 2.65. The lowest BCUT2D eigenvalue weighted by Crippen LogP contribution is -2.29. The van der Waals surface area contributed by atoms with Crippen molar-refractivity contribution in [3.8, 4) is 5.75 Å². The maximum Gasteiger partial charge on any atom is 0.319 e. The molecule has 1 aromatic heterocycles. The minimum atomic E-state index is -2.66. The number of carbonyl (C=O) groups is 1. The largest absolute Gasteiger partial charge is 0.493 e. The molecule has 0 aliphatic carbocycles. The van der Waals surface area contributed by atoms with Gasteiger partial charge >= 0.3 is 6.55 Å². The van der Waals surface area contributed by atoms with E-state index in [0.717, 1.165) is 4.57 Å². The second-order valence-corrected chi connectivity index (χ2v) is 4.69. The van der Waals surface area contributed by atoms with Crippen LogP contribution in [-0.2, 0) is 11.3 Å². The molecule has 1 aromatic carbocycles. The molecule has 0 unspecified atom stereocenters. The number of nitrogens with zero attached hydrogens (tertiary/aromatic N) is 3. The molecule has 0 N–H and O–H groups in total. The van der Waals surface area contributed by atoms with Crippen LogP contribution in [0.25, 0.3) is 0 Å². The Hall–Kier alpha value is -2.44. The van der Waals surface area contributed by atoms with Gasteiger partial charge in [-0.15, -0.1) is 0 Å². The molecule has 0 saturated heterocycles. The highest BCUT2D eigenvalue weighted by Crippen LogP contribution is 2.14. The minimum absolute atomic E-state index is 0.0293. The lowest BCUT2D eigenvalue weighted by atomic mass is 10.3. The number of halogens is 2. The summed E-state index contributed by atoms with van der Waals surface area (Å²) in [6.45, 7) is -2.40. The molecule has 5 nitrogen and oxygen atoms in total. The molecule has 2 rings (SSSR count). The van der Waals surface area contributed by atoms with Gasteiger partial charge in [-0.25, -0.2) is 4.98 Å². The van der Waals surface area contributed by atoms with Crippen molar-refractivity contribution in [2.75, 3.05) is 13.7 Å². The van der Waals surface area contributed by atoms with Crippen LogP contribution in [0.4, 0.5) is 8.78 Å². The minimum Gasteiger partial charge on any atom is -0.493 e. The van der Waals surface area contributed by atoms with Gasteiger partial charge in [0.2, 0.25) is 5.91 Å². The number of para-hydroxylation sites is 1. The second kappa shape index (κ2) is 7.53. The average Bonchev–Trinajstić information content (AvgIpc) is 2.96. The molecule has 0 saturated carbocycles. The number of carbonyl (C=O) groups excluding carboxylic acids is 1. The first kappa shape index (κ1) is 15.9. The number of amides is 1. The van der Waals surface area contributed by atoms with E-state index in [9.17, 15) is 13.6 Å². The Labute approximate surface area is 127 Å². The molecule has 0 aliphatic rings. The number of hydrogen-bond acceptors (Lipinski definition) is 3. The second-order valence-electron chi connectivity index (χ2n) is 4.69. The maximum atomic E-state index is 12.7. The van der Waals surface area contributed by atoms with Crippen molar-refractivity contribution < 1.29 is 18.3 Å². The van der Waals surface area contributed by atoms with E-state index in [0.29, 0.717) is 5.75 Å². The normalized spacial score (nSPS) is 10.7. The number of hydrogen-bond donors (Lipinski definition) is 0. The van der Waals surface area contributed by atoms with Crippen LogP contribution in [-0.4, -0.2) is 34.0 Å². The van der Waals surface area contributed by atoms with Crippen LogP contribution >= 0.6 is 0 Å². The van der Waals surface area contributed by atoms with Crippen LogP contribution in [0.15, 0.2) is 42.7 Å². The van der Waals surface area contributed by atoms with E-state index >= 15 is 0 Å². The average molecular weight is 309 g/mol. The maximum absolute atomic E-state index is 12.7. The zero-order valence-electron chi connectivity index (χ0n) is 12.2. The van der Waals surface area contributed by atoms with Gasteiger partial charge in [-0.1, -0.05) is 18.2 Å². The molecule has 22 heavy (non-hydrogen) atoms. The molecule has 0 spiro atoms. The van der Waals surface area contributed by atoms with E-state index < -0.39 is 6.55 Å². The van der Waals surface area contributed by atoms with Crippen molar-refractivity contribution in [1.82, 2.24) is 14.5 Å². The van der Waals surface area contributed by atoms with Gasteiger partial charge in [-0.3, -0.25) is 9.36 Å². The monoisotopic (exact) mass is 309 g/mol. The fourth-order valence-electron chi connectivity index (χ4n) is 1.91. The first-order chi connectivity index (χ1) is 10.6. The summed E-state index contributed by atoms with van der Waals surface area (Å²) in [5.74, 6) is 0.640. The zero-order valence-corrected chi connectivity index (χ0v) is 12.2. The molecule has 118 valence electrons. The van der Waals surface area contributed by atoms with E-state index in [4.69, 9.17) is 4.74 Å². The third kappa shape index (κ3) is 4.28. The fourth-order valence-corrected chi connectivity index (χ4v) is 1.91. The first-order valence-corrected chi connectivity index (χ1v) is 6.79. The van der Waals surface area contributed by atoms with E-state index in [1.165, 1.54) is 17.3 Å². The number of aromatic nitrogens is 2. The zero-order chi connectivity index (χ0) is 15.9. The smallest absolute Gasteiger partial charge is 0.319 e. The van der Waals surface area contributed by atoms with E-state index in [2.05, 4.69) is 4.98 Å². The van der Waals surface area contributed by atoms with Crippen molar-refractivity contribution in [3.63, 3.8) is 0 Å². The van der Waals surface area contributed by atoms with Gasteiger partial charge in [0.05, 0.1) is 19.6 Å². The number of benzene rings is 1. The quantitative estimate of drug-likeness (QED) is 0.790. The Morgan fingerprint density at radius 1 is 1.36 bits per heavy atom. The highest BCUT2D eigenvalue weighted by atomic mass is 19.3. The van der Waals surface area contributed by atoms with E-state index in [1.807, 2.05) is 18.2 Å². The van der Waals surface area contributed by atoms with Crippen LogP contribution in [0.3, 0.4) is 0 Å². The standard InChI is InChI=1S/C15H17F2N3O2/c1-19(11-13-18-8-9-20(13)15(16)17)14(21)7-10-22-12-5-3-2-4-6-12/h2-6,8-9,15H,7,10-11H2,1H3. The van der Waals surface area contributed by atoms with Gasteiger partial charge < -0.3 is 9.64 Å². The molecule has 0 bridgehead atoms. The molecular weight excluding hydrogens is 292 g/mol. The van der Waals surface area contributed by atoms with Gasteiger partial charge in [-0.05, 0) is 12.1 Å². The van der Waals surface area contributed by atoms with Gasteiger partial charge in [0, 0.05) is 19.4 Å². The number of alkyl halides is 2. The van der Waals surface area contributed by atoms with Gasteiger partial charge in [0.25, 0.3) is 0 Å². The lowest BCUT2D eigenvalue weighted by molar-refractivity contribution is -0.131. The molecule has 0 radical (unpaired) electrons. The third-order valence-corrected chi connectivity index (χ3v) is 3.09. The highest BCUT2D eigenvalue weighted by Gasteiger charge is 2.16. The number of rotatable bonds is 7. The summed E-state index contributed by atoms with van der Waals surface area (Å²) in [5.41, 5.74) is 0. The Morgan fingerprint density at radius 3 is 2.77 bits per heavy atom. The topological polar surface area (TPSA) is 47.4 Å². The molecular formula is C15H17F2N3O2. The van der Waals surface area contributed by atoms with Gasteiger partial charge in [0.15, 0.2) is 0 Å². The molecule has 0 fully saturated rings. The van der Waals surface area contributed by atoms with Crippen LogP contribution in [0.1, 0.15) is 18.8 Å². The summed E-state index contributed by atoms with van der Waals surface area (Å²) < 4.78 is 31.6. The Balaban J connectivity index is 1.81. The van der Waals surface area contributed by atoms with Gasteiger partial charge in [-0.2, -0.15) is 8.78 Å². The third-order valence-electron chi connectivity index (χ3n) is 3.09. The Kier molecular flexibility index (Phi) is 5.46. The van der Waals surface area contributed by atoms with Crippen LogP contribution in [0.5, 0.6) is 5.75 Å². The van der Waals surface area contributed by atoms with E-state index in [1.54, 1.807) is 19.2 Å². The van der Waals surface area contributed by atoms with Crippen LogP contribution < -0.4 is 4.74 Å². The molecule has 0 atom stereocenters.